The van der Waals surface area contributed by atoms with E-state index >= 15 is 0 Å². The first-order valence-corrected chi connectivity index (χ1v) is 5.37. The molecule has 2 N–H and O–H groups in total. The number of nitrogens with zero attached hydrogens (tertiary/aromatic N) is 1. The second kappa shape index (κ2) is 4.82. The number of rotatable bonds is 0. The van der Waals surface area contributed by atoms with E-state index in [1.165, 1.54) is 0 Å². The Labute approximate surface area is 95.2 Å². The monoisotopic (exact) mass is 214 g/mol. The van der Waals surface area contributed by atoms with Crippen molar-refractivity contribution in [2.45, 2.75) is 12.5 Å². The zero-order chi connectivity index (χ0) is 11.4. The van der Waals surface area contributed by atoms with Gasteiger partial charge in [-0.05, 0) is 18.6 Å². The van der Waals surface area contributed by atoms with E-state index in [0.717, 1.165) is 18.5 Å². The predicted molar refractivity (Wildman–Crippen MR) is 62.5 cm³/mol. The van der Waals surface area contributed by atoms with E-state index in [4.69, 9.17) is 5.73 Å². The van der Waals surface area contributed by atoms with Gasteiger partial charge < -0.3 is 10.6 Å². The van der Waals surface area contributed by atoms with E-state index < -0.39 is 0 Å². The molecule has 1 amide bonds. The second-order valence-corrected chi connectivity index (χ2v) is 3.92. The van der Waals surface area contributed by atoms with Gasteiger partial charge in [0.2, 0.25) is 0 Å². The standard InChI is InChI=1S/C13H14N2O/c14-12-8-9-15(10-12)13(16)7-6-11-4-2-1-3-5-11/h1-5,12H,8-10,14H2. The van der Waals surface area contributed by atoms with Crippen molar-refractivity contribution in [3.63, 3.8) is 0 Å². The van der Waals surface area contributed by atoms with Gasteiger partial charge >= 0.3 is 0 Å². The number of carbonyl (C=O) groups excluding carboxylic acids is 1. The van der Waals surface area contributed by atoms with Crippen molar-refractivity contribution < 1.29 is 4.79 Å². The molecule has 1 aliphatic rings. The summed E-state index contributed by atoms with van der Waals surface area (Å²) in [5.74, 6) is 5.37. The van der Waals surface area contributed by atoms with Gasteiger partial charge in [0.15, 0.2) is 0 Å². The number of nitrogens with two attached hydrogens (primary N) is 1. The Bertz CT molecular complexity index is 430. The van der Waals surface area contributed by atoms with Crippen LogP contribution in [-0.4, -0.2) is 29.9 Å². The Hall–Kier alpha value is -1.79. The van der Waals surface area contributed by atoms with Crippen molar-refractivity contribution in [3.8, 4) is 11.8 Å². The molecule has 1 aliphatic heterocycles. The van der Waals surface area contributed by atoms with Crippen LogP contribution in [0.25, 0.3) is 0 Å². The fraction of sp³-hybridized carbons (Fsp3) is 0.308. The molecule has 1 heterocycles. The third kappa shape index (κ3) is 2.62. The fourth-order valence-corrected chi connectivity index (χ4v) is 1.70. The molecule has 0 bridgehead atoms. The Balaban J connectivity index is 2.00. The van der Waals surface area contributed by atoms with Gasteiger partial charge in [-0.3, -0.25) is 4.79 Å². The lowest BCUT2D eigenvalue weighted by Crippen LogP contribution is -2.30. The molecule has 0 aliphatic carbocycles. The summed E-state index contributed by atoms with van der Waals surface area (Å²) in [6.07, 6.45) is 0.874. The molecule has 3 nitrogen and oxygen atoms in total. The van der Waals surface area contributed by atoms with Gasteiger partial charge in [0.1, 0.15) is 0 Å². The van der Waals surface area contributed by atoms with Crippen molar-refractivity contribution in [2.75, 3.05) is 13.1 Å². The number of likely N-dealkylation sites (tertiary alicyclic amines) is 1. The maximum atomic E-state index is 11.7. The second-order valence-electron chi connectivity index (χ2n) is 3.92. The first-order valence-electron chi connectivity index (χ1n) is 5.37. The summed E-state index contributed by atoms with van der Waals surface area (Å²) in [6, 6.07) is 9.61. The highest BCUT2D eigenvalue weighted by molar-refractivity contribution is 5.94. The first kappa shape index (κ1) is 10.7. The molecule has 1 atom stereocenters. The van der Waals surface area contributed by atoms with Gasteiger partial charge in [0.25, 0.3) is 5.91 Å². The van der Waals surface area contributed by atoms with Gasteiger partial charge in [0, 0.05) is 30.6 Å². The highest BCUT2D eigenvalue weighted by atomic mass is 16.2. The third-order valence-electron chi connectivity index (χ3n) is 2.60. The third-order valence-corrected chi connectivity index (χ3v) is 2.60. The molecule has 0 aromatic heterocycles. The van der Waals surface area contributed by atoms with Crippen molar-refractivity contribution in [2.24, 2.45) is 5.73 Å². The molecule has 0 spiro atoms. The molecule has 1 fully saturated rings. The molecule has 1 saturated heterocycles. The lowest BCUT2D eigenvalue weighted by Gasteiger charge is -2.10. The molecule has 0 radical (unpaired) electrons. The van der Waals surface area contributed by atoms with Crippen molar-refractivity contribution in [1.82, 2.24) is 4.90 Å². The molecule has 1 unspecified atom stereocenters. The molecule has 1 aromatic carbocycles. The molecular weight excluding hydrogens is 200 g/mol. The summed E-state index contributed by atoms with van der Waals surface area (Å²) in [5.41, 5.74) is 6.59. The summed E-state index contributed by atoms with van der Waals surface area (Å²) in [7, 11) is 0. The average molecular weight is 214 g/mol. The van der Waals surface area contributed by atoms with Gasteiger partial charge in [0.05, 0.1) is 0 Å². The van der Waals surface area contributed by atoms with Crippen LogP contribution in [0.15, 0.2) is 30.3 Å². The number of carbonyl (C=O) groups is 1. The van der Waals surface area contributed by atoms with E-state index in [-0.39, 0.29) is 11.9 Å². The zero-order valence-electron chi connectivity index (χ0n) is 9.02. The Kier molecular flexibility index (Phi) is 3.23. The van der Waals surface area contributed by atoms with Crippen LogP contribution in [-0.2, 0) is 4.79 Å². The average Bonchev–Trinajstić information content (AvgIpc) is 2.74. The number of hydrogen-bond acceptors (Lipinski definition) is 2. The Morgan fingerprint density at radius 2 is 2.12 bits per heavy atom. The number of amides is 1. The lowest BCUT2D eigenvalue weighted by molar-refractivity contribution is -0.124. The van der Waals surface area contributed by atoms with Crippen LogP contribution in [0, 0.1) is 11.8 Å². The maximum absolute atomic E-state index is 11.7. The van der Waals surface area contributed by atoms with E-state index in [9.17, 15) is 4.79 Å². The topological polar surface area (TPSA) is 46.3 Å². The Morgan fingerprint density at radius 1 is 1.38 bits per heavy atom. The minimum atomic E-state index is -0.128. The summed E-state index contributed by atoms with van der Waals surface area (Å²) in [5, 5.41) is 0. The first-order chi connectivity index (χ1) is 7.75. The van der Waals surface area contributed by atoms with Crippen molar-refractivity contribution in [3.05, 3.63) is 35.9 Å². The van der Waals surface area contributed by atoms with E-state index in [1.54, 1.807) is 4.90 Å². The van der Waals surface area contributed by atoms with Crippen LogP contribution in [0.3, 0.4) is 0 Å². The molecule has 3 heteroatoms. The van der Waals surface area contributed by atoms with Crippen LogP contribution in [0.5, 0.6) is 0 Å². The van der Waals surface area contributed by atoms with E-state index in [2.05, 4.69) is 11.8 Å². The highest BCUT2D eigenvalue weighted by Gasteiger charge is 2.21. The molecular formula is C13H14N2O. The molecule has 1 aromatic rings. The SMILES string of the molecule is NC1CCN(C(=O)C#Cc2ccccc2)C1. The molecule has 16 heavy (non-hydrogen) atoms. The largest absolute Gasteiger partial charge is 0.330 e. The smallest absolute Gasteiger partial charge is 0.298 e. The van der Waals surface area contributed by atoms with Gasteiger partial charge in [-0.15, -0.1) is 0 Å². The quantitative estimate of drug-likeness (QED) is 0.643. The normalized spacial score (nSPS) is 19.1. The lowest BCUT2D eigenvalue weighted by atomic mass is 10.2. The molecule has 2 rings (SSSR count). The van der Waals surface area contributed by atoms with Crippen LogP contribution >= 0.6 is 0 Å². The Morgan fingerprint density at radius 3 is 2.75 bits per heavy atom. The number of benzene rings is 1. The van der Waals surface area contributed by atoms with Crippen LogP contribution < -0.4 is 5.73 Å². The highest BCUT2D eigenvalue weighted by Crippen LogP contribution is 2.06. The minimum absolute atomic E-state index is 0.113. The predicted octanol–water partition coefficient (Wildman–Crippen LogP) is 0.598. The summed E-state index contributed by atoms with van der Waals surface area (Å²) in [6.45, 7) is 1.35. The van der Waals surface area contributed by atoms with Gasteiger partial charge in [-0.2, -0.15) is 0 Å². The van der Waals surface area contributed by atoms with Crippen LogP contribution in [0.4, 0.5) is 0 Å². The summed E-state index contributed by atoms with van der Waals surface area (Å²) in [4.78, 5) is 13.4. The van der Waals surface area contributed by atoms with Gasteiger partial charge in [-0.1, -0.05) is 24.1 Å². The summed E-state index contributed by atoms with van der Waals surface area (Å²) >= 11 is 0. The van der Waals surface area contributed by atoms with Crippen LogP contribution in [0.2, 0.25) is 0 Å². The maximum Gasteiger partial charge on any atom is 0.298 e. The minimum Gasteiger partial charge on any atom is -0.330 e. The zero-order valence-corrected chi connectivity index (χ0v) is 9.02. The van der Waals surface area contributed by atoms with Crippen molar-refractivity contribution in [1.29, 1.82) is 0 Å². The van der Waals surface area contributed by atoms with Crippen molar-refractivity contribution >= 4 is 5.91 Å². The molecule has 82 valence electrons. The fourth-order valence-electron chi connectivity index (χ4n) is 1.70. The number of hydrogen-bond donors (Lipinski definition) is 1. The van der Waals surface area contributed by atoms with E-state index in [1.807, 2.05) is 30.3 Å². The summed E-state index contributed by atoms with van der Waals surface area (Å²) < 4.78 is 0. The molecule has 0 saturated carbocycles. The van der Waals surface area contributed by atoms with Crippen LogP contribution in [0.1, 0.15) is 12.0 Å². The van der Waals surface area contributed by atoms with Gasteiger partial charge in [-0.25, -0.2) is 0 Å². The van der Waals surface area contributed by atoms with E-state index in [0.29, 0.717) is 6.54 Å².